The summed E-state index contributed by atoms with van der Waals surface area (Å²) in [6, 6.07) is 18.6. The van der Waals surface area contributed by atoms with E-state index < -0.39 is 11.9 Å². The predicted octanol–water partition coefficient (Wildman–Crippen LogP) is 5.13. The average Bonchev–Trinajstić information content (AvgIpc) is 3.09. The van der Waals surface area contributed by atoms with Gasteiger partial charge in [-0.2, -0.15) is 0 Å². The second-order valence-corrected chi connectivity index (χ2v) is 7.71. The van der Waals surface area contributed by atoms with E-state index in [1.54, 1.807) is 18.3 Å². The molecule has 0 fully saturated rings. The standard InChI is InChI=1S/C23H21FN2O.C4H4O4/c1-16-17(2)26(14-18-6-4-3-5-7-18)23-21(12-13-25-22(16)23)27-15-19-8-10-20(24)11-9-19;5-3(6)1-2-4(7)8/h3-13H,14-15H2,1-2H3;1-2H,(H,5,6)(H,7,8)/b;2-1-. The molecule has 4 aromatic rings. The van der Waals surface area contributed by atoms with E-state index in [2.05, 4.69) is 35.5 Å². The smallest absolute Gasteiger partial charge is 0.328 e. The van der Waals surface area contributed by atoms with Gasteiger partial charge < -0.3 is 19.5 Å². The summed E-state index contributed by atoms with van der Waals surface area (Å²) in [6.07, 6.45) is 2.90. The number of carboxylic acid groups (broad SMARTS) is 2. The number of carbonyl (C=O) groups is 2. The van der Waals surface area contributed by atoms with Gasteiger partial charge in [0.05, 0.1) is 5.52 Å². The SMILES string of the molecule is Cc1c(C)n(Cc2ccccc2)c2c(OCc3ccc(F)cc3)ccnc12.O=C(O)/C=C\C(=O)O. The first kappa shape index (κ1) is 25.2. The number of pyridine rings is 1. The highest BCUT2D eigenvalue weighted by molar-refractivity contribution is 5.89. The molecule has 2 heterocycles. The number of hydrogen-bond acceptors (Lipinski definition) is 4. The van der Waals surface area contributed by atoms with E-state index in [9.17, 15) is 14.0 Å². The van der Waals surface area contributed by atoms with Gasteiger partial charge in [-0.3, -0.25) is 4.98 Å². The molecule has 0 aliphatic rings. The normalized spacial score (nSPS) is 10.7. The summed E-state index contributed by atoms with van der Waals surface area (Å²) in [4.78, 5) is 23.7. The van der Waals surface area contributed by atoms with Crippen LogP contribution in [0.2, 0.25) is 0 Å². The molecule has 0 atom stereocenters. The van der Waals surface area contributed by atoms with E-state index in [0.29, 0.717) is 18.8 Å². The molecule has 0 aliphatic carbocycles. The van der Waals surface area contributed by atoms with Crippen LogP contribution in [0.25, 0.3) is 11.0 Å². The summed E-state index contributed by atoms with van der Waals surface area (Å²) in [7, 11) is 0. The fourth-order valence-electron chi connectivity index (χ4n) is 3.48. The number of aromatic nitrogens is 2. The number of fused-ring (bicyclic) bond motifs is 1. The van der Waals surface area contributed by atoms with Crippen LogP contribution in [-0.4, -0.2) is 31.7 Å². The number of hydrogen-bond donors (Lipinski definition) is 2. The Bertz CT molecular complexity index is 1330. The van der Waals surface area contributed by atoms with Crippen molar-refractivity contribution in [3.05, 3.63) is 107 Å². The molecule has 0 radical (unpaired) electrons. The molecule has 2 aromatic heterocycles. The Morgan fingerprint density at radius 2 is 1.57 bits per heavy atom. The van der Waals surface area contributed by atoms with Crippen molar-refractivity contribution < 1.29 is 28.9 Å². The van der Waals surface area contributed by atoms with Gasteiger partial charge >= 0.3 is 11.9 Å². The summed E-state index contributed by atoms with van der Waals surface area (Å²) in [6.45, 7) is 5.35. The van der Waals surface area contributed by atoms with Crippen molar-refractivity contribution >= 4 is 23.0 Å². The van der Waals surface area contributed by atoms with E-state index in [1.165, 1.54) is 23.4 Å². The summed E-state index contributed by atoms with van der Waals surface area (Å²) in [5, 5.41) is 15.6. The summed E-state index contributed by atoms with van der Waals surface area (Å²) >= 11 is 0. The van der Waals surface area contributed by atoms with Crippen molar-refractivity contribution in [3.63, 3.8) is 0 Å². The van der Waals surface area contributed by atoms with Crippen molar-refractivity contribution in [2.45, 2.75) is 27.0 Å². The van der Waals surface area contributed by atoms with E-state index in [4.69, 9.17) is 14.9 Å². The largest absolute Gasteiger partial charge is 0.487 e. The molecule has 0 amide bonds. The topological polar surface area (TPSA) is 102 Å². The maximum absolute atomic E-state index is 13.1. The monoisotopic (exact) mass is 476 g/mol. The van der Waals surface area contributed by atoms with Crippen LogP contribution in [0.1, 0.15) is 22.4 Å². The van der Waals surface area contributed by atoms with Crippen LogP contribution >= 0.6 is 0 Å². The minimum absolute atomic E-state index is 0.243. The van der Waals surface area contributed by atoms with Crippen molar-refractivity contribution in [2.24, 2.45) is 0 Å². The number of aliphatic carboxylic acids is 2. The van der Waals surface area contributed by atoms with Gasteiger partial charge in [0.25, 0.3) is 0 Å². The average molecular weight is 477 g/mol. The molecule has 7 nitrogen and oxygen atoms in total. The molecule has 0 unspecified atom stereocenters. The second kappa shape index (κ2) is 11.6. The van der Waals surface area contributed by atoms with Gasteiger partial charge in [0.15, 0.2) is 0 Å². The highest BCUT2D eigenvalue weighted by Crippen LogP contribution is 2.32. The molecule has 0 spiro atoms. The van der Waals surface area contributed by atoms with Crippen molar-refractivity contribution in [1.29, 1.82) is 0 Å². The van der Waals surface area contributed by atoms with E-state index in [-0.39, 0.29) is 5.82 Å². The van der Waals surface area contributed by atoms with Crippen molar-refractivity contribution in [1.82, 2.24) is 9.55 Å². The van der Waals surface area contributed by atoms with Crippen LogP contribution in [0.5, 0.6) is 5.75 Å². The Morgan fingerprint density at radius 1 is 0.943 bits per heavy atom. The number of aryl methyl sites for hydroxylation is 1. The van der Waals surface area contributed by atoms with E-state index in [1.807, 2.05) is 24.3 Å². The van der Waals surface area contributed by atoms with Crippen LogP contribution in [0.3, 0.4) is 0 Å². The summed E-state index contributed by atoms with van der Waals surface area (Å²) in [5.74, 6) is -1.97. The van der Waals surface area contributed by atoms with Gasteiger partial charge in [0.1, 0.15) is 23.7 Å². The Hall–Kier alpha value is -4.46. The molecular weight excluding hydrogens is 451 g/mol. The fraction of sp³-hybridized carbons (Fsp3) is 0.148. The third-order valence-electron chi connectivity index (χ3n) is 5.32. The molecule has 35 heavy (non-hydrogen) atoms. The van der Waals surface area contributed by atoms with Gasteiger partial charge in [0, 0.05) is 36.7 Å². The Balaban J connectivity index is 0.000000371. The first-order valence-corrected chi connectivity index (χ1v) is 10.8. The Labute approximate surface area is 201 Å². The molecule has 8 heteroatoms. The number of rotatable bonds is 7. The zero-order chi connectivity index (χ0) is 25.4. The summed E-state index contributed by atoms with van der Waals surface area (Å²) in [5.41, 5.74) is 6.45. The van der Waals surface area contributed by atoms with Gasteiger partial charge in [0.2, 0.25) is 0 Å². The van der Waals surface area contributed by atoms with Gasteiger partial charge in [-0.15, -0.1) is 0 Å². The molecule has 0 bridgehead atoms. The maximum atomic E-state index is 13.1. The quantitative estimate of drug-likeness (QED) is 0.359. The highest BCUT2D eigenvalue weighted by atomic mass is 19.1. The number of benzene rings is 2. The van der Waals surface area contributed by atoms with Crippen LogP contribution < -0.4 is 4.74 Å². The lowest BCUT2D eigenvalue weighted by Crippen LogP contribution is -2.04. The van der Waals surface area contributed by atoms with Crippen LogP contribution in [0.15, 0.2) is 79.0 Å². The predicted molar refractivity (Wildman–Crippen MR) is 130 cm³/mol. The van der Waals surface area contributed by atoms with Gasteiger partial charge in [-0.1, -0.05) is 42.5 Å². The first-order valence-electron chi connectivity index (χ1n) is 10.8. The third kappa shape index (κ3) is 6.77. The number of carboxylic acids is 2. The van der Waals surface area contributed by atoms with Crippen LogP contribution in [0, 0.1) is 19.7 Å². The highest BCUT2D eigenvalue weighted by Gasteiger charge is 2.16. The molecule has 2 aromatic carbocycles. The minimum Gasteiger partial charge on any atom is -0.487 e. The van der Waals surface area contributed by atoms with Crippen molar-refractivity contribution in [3.8, 4) is 5.75 Å². The second-order valence-electron chi connectivity index (χ2n) is 7.71. The van der Waals surface area contributed by atoms with E-state index >= 15 is 0 Å². The molecule has 0 aliphatic heterocycles. The van der Waals surface area contributed by atoms with Crippen LogP contribution in [0.4, 0.5) is 4.39 Å². The molecular formula is C27H25FN2O5. The van der Waals surface area contributed by atoms with Gasteiger partial charge in [-0.05, 0) is 42.7 Å². The van der Waals surface area contributed by atoms with Gasteiger partial charge in [-0.25, -0.2) is 14.0 Å². The lowest BCUT2D eigenvalue weighted by molar-refractivity contribution is -0.134. The number of ether oxygens (including phenoxy) is 1. The molecule has 4 rings (SSSR count). The fourth-order valence-corrected chi connectivity index (χ4v) is 3.48. The molecule has 180 valence electrons. The zero-order valence-electron chi connectivity index (χ0n) is 19.3. The third-order valence-corrected chi connectivity index (χ3v) is 5.32. The number of halogens is 1. The Morgan fingerprint density at radius 3 is 2.17 bits per heavy atom. The number of nitrogens with zero attached hydrogens (tertiary/aromatic N) is 2. The lowest BCUT2D eigenvalue weighted by Gasteiger charge is -2.13. The minimum atomic E-state index is -1.26. The maximum Gasteiger partial charge on any atom is 0.328 e. The Kier molecular flexibility index (Phi) is 8.34. The zero-order valence-corrected chi connectivity index (χ0v) is 19.3. The van der Waals surface area contributed by atoms with Crippen molar-refractivity contribution in [2.75, 3.05) is 0 Å². The lowest BCUT2D eigenvalue weighted by atomic mass is 10.2. The summed E-state index contributed by atoms with van der Waals surface area (Å²) < 4.78 is 21.5. The molecule has 0 saturated heterocycles. The molecule has 2 N–H and O–H groups in total. The molecule has 0 saturated carbocycles. The van der Waals surface area contributed by atoms with E-state index in [0.717, 1.165) is 34.5 Å². The van der Waals surface area contributed by atoms with Crippen LogP contribution in [-0.2, 0) is 22.7 Å². The first-order chi connectivity index (χ1) is 16.8.